The first-order chi connectivity index (χ1) is 13.3. The van der Waals surface area contributed by atoms with Gasteiger partial charge < -0.3 is 5.32 Å². The van der Waals surface area contributed by atoms with Gasteiger partial charge in [0.2, 0.25) is 11.9 Å². The maximum atomic E-state index is 13.8. The quantitative estimate of drug-likeness (QED) is 0.863. The fraction of sp³-hybridized carbons (Fsp3) is 0.263. The smallest absolute Gasteiger partial charge is 0.324 e. The third kappa shape index (κ3) is 2.98. The highest BCUT2D eigenvalue weighted by molar-refractivity contribution is 6.17. The van der Waals surface area contributed by atoms with Crippen molar-refractivity contribution in [2.45, 2.75) is 19.9 Å². The molecule has 2 aliphatic heterocycles. The summed E-state index contributed by atoms with van der Waals surface area (Å²) in [6.45, 7) is 4.01. The number of anilines is 1. The molecule has 0 aliphatic carbocycles. The molecule has 7 nitrogen and oxygen atoms in total. The first kappa shape index (κ1) is 18.0. The Balaban J connectivity index is 1.73. The van der Waals surface area contributed by atoms with E-state index >= 15 is 0 Å². The Labute approximate surface area is 160 Å². The second kappa shape index (κ2) is 6.66. The van der Waals surface area contributed by atoms with E-state index in [0.29, 0.717) is 17.2 Å². The number of guanidine groups is 2. The van der Waals surface area contributed by atoms with E-state index in [4.69, 9.17) is 0 Å². The summed E-state index contributed by atoms with van der Waals surface area (Å²) in [7, 11) is 1.57. The molecule has 2 aromatic rings. The standard InChI is InChI=1S/C19H18F2N6O/c1-10-4-7-15(11(2)23-10)24-17-25-19(28)26(3)18-22-9-16(27(17)18)12-5-6-13(20)14(21)8-12/h4-8,16H,9H2,1-3H3,(H,24,25,28). The molecule has 1 N–H and O–H groups in total. The van der Waals surface area contributed by atoms with Gasteiger partial charge in [-0.1, -0.05) is 6.07 Å². The average molecular weight is 384 g/mol. The zero-order valence-electron chi connectivity index (χ0n) is 15.6. The van der Waals surface area contributed by atoms with Gasteiger partial charge in [-0.05, 0) is 43.7 Å². The summed E-state index contributed by atoms with van der Waals surface area (Å²) in [5, 5.41) is 3.14. The van der Waals surface area contributed by atoms with E-state index in [2.05, 4.69) is 20.3 Å². The Kier molecular flexibility index (Phi) is 4.29. The maximum absolute atomic E-state index is 13.8. The van der Waals surface area contributed by atoms with Crippen LogP contribution in [-0.4, -0.2) is 46.3 Å². The minimum atomic E-state index is -0.933. The number of aromatic nitrogens is 1. The molecule has 9 heteroatoms. The highest BCUT2D eigenvalue weighted by atomic mass is 19.2. The number of amides is 2. The molecule has 3 heterocycles. The van der Waals surface area contributed by atoms with Crippen molar-refractivity contribution in [1.82, 2.24) is 14.8 Å². The van der Waals surface area contributed by atoms with Crippen LogP contribution in [0.15, 0.2) is 40.3 Å². The Bertz CT molecular complexity index is 1040. The van der Waals surface area contributed by atoms with Crippen LogP contribution in [0.4, 0.5) is 19.3 Å². The number of pyridine rings is 1. The van der Waals surface area contributed by atoms with Crippen LogP contribution in [0.3, 0.4) is 0 Å². The van der Waals surface area contributed by atoms with Gasteiger partial charge >= 0.3 is 6.03 Å². The van der Waals surface area contributed by atoms with Crippen molar-refractivity contribution in [3.63, 3.8) is 0 Å². The van der Waals surface area contributed by atoms with Gasteiger partial charge in [0.25, 0.3) is 0 Å². The monoisotopic (exact) mass is 384 g/mol. The molecule has 0 saturated heterocycles. The number of hydrogen-bond acceptors (Lipinski definition) is 5. The lowest BCUT2D eigenvalue weighted by Crippen LogP contribution is -2.53. The van der Waals surface area contributed by atoms with Crippen molar-refractivity contribution in [2.24, 2.45) is 9.98 Å². The molecule has 2 aliphatic rings. The number of nitrogens with zero attached hydrogens (tertiary/aromatic N) is 5. The zero-order valence-corrected chi connectivity index (χ0v) is 15.6. The van der Waals surface area contributed by atoms with Crippen molar-refractivity contribution in [3.05, 3.63) is 58.9 Å². The second-order valence-electron chi connectivity index (χ2n) is 6.69. The molecule has 0 fully saturated rings. The van der Waals surface area contributed by atoms with Gasteiger partial charge in [0, 0.05) is 12.7 Å². The number of aryl methyl sites for hydroxylation is 2. The topological polar surface area (TPSA) is 73.2 Å². The SMILES string of the molecule is Cc1ccc(NC2=NC(=O)N(C)C3=NCC(c4ccc(F)c(F)c4)N23)c(C)n1. The molecule has 0 radical (unpaired) electrons. The van der Waals surface area contributed by atoms with E-state index < -0.39 is 23.7 Å². The van der Waals surface area contributed by atoms with Gasteiger partial charge in [-0.15, -0.1) is 0 Å². The van der Waals surface area contributed by atoms with Gasteiger partial charge in [0.15, 0.2) is 11.6 Å². The van der Waals surface area contributed by atoms with Crippen LogP contribution in [-0.2, 0) is 0 Å². The molecule has 144 valence electrons. The number of benzene rings is 1. The molecule has 0 saturated carbocycles. The molecule has 1 atom stereocenters. The second-order valence-corrected chi connectivity index (χ2v) is 6.69. The van der Waals surface area contributed by atoms with Crippen LogP contribution >= 0.6 is 0 Å². The van der Waals surface area contributed by atoms with E-state index in [9.17, 15) is 13.6 Å². The Morgan fingerprint density at radius 2 is 1.93 bits per heavy atom. The summed E-state index contributed by atoms with van der Waals surface area (Å²) in [5.74, 6) is -1.18. The van der Waals surface area contributed by atoms with Gasteiger partial charge in [-0.2, -0.15) is 4.99 Å². The summed E-state index contributed by atoms with van der Waals surface area (Å²) in [4.78, 5) is 28.3. The summed E-state index contributed by atoms with van der Waals surface area (Å²) in [6, 6.07) is 6.53. The van der Waals surface area contributed by atoms with Crippen LogP contribution in [0.25, 0.3) is 0 Å². The molecule has 1 aromatic carbocycles. The number of aliphatic imine (C=N–C) groups is 2. The van der Waals surface area contributed by atoms with E-state index in [-0.39, 0.29) is 12.5 Å². The molecule has 28 heavy (non-hydrogen) atoms. The summed E-state index contributed by atoms with van der Waals surface area (Å²) in [6.07, 6.45) is 0. The summed E-state index contributed by atoms with van der Waals surface area (Å²) < 4.78 is 27.1. The van der Waals surface area contributed by atoms with Crippen LogP contribution in [0.2, 0.25) is 0 Å². The molecule has 0 bridgehead atoms. The van der Waals surface area contributed by atoms with Crippen LogP contribution in [0, 0.1) is 25.5 Å². The Morgan fingerprint density at radius 3 is 2.64 bits per heavy atom. The highest BCUT2D eigenvalue weighted by Crippen LogP contribution is 2.31. The number of fused-ring (bicyclic) bond motifs is 1. The number of carbonyl (C=O) groups excluding carboxylic acids is 1. The van der Waals surface area contributed by atoms with E-state index in [1.54, 1.807) is 11.9 Å². The normalized spacial score (nSPS) is 18.8. The van der Waals surface area contributed by atoms with Crippen molar-refractivity contribution in [1.29, 1.82) is 0 Å². The first-order valence-corrected chi connectivity index (χ1v) is 8.71. The van der Waals surface area contributed by atoms with Crippen molar-refractivity contribution in [3.8, 4) is 0 Å². The molecule has 4 rings (SSSR count). The minimum absolute atomic E-state index is 0.267. The number of halogens is 2. The molecular weight excluding hydrogens is 366 g/mol. The molecular formula is C19H18F2N6O. The number of carbonyl (C=O) groups is 1. The Hall–Kier alpha value is -3.36. The lowest BCUT2D eigenvalue weighted by molar-refractivity contribution is 0.230. The molecule has 1 aromatic heterocycles. The van der Waals surface area contributed by atoms with Gasteiger partial charge in [0.05, 0.1) is 24.0 Å². The minimum Gasteiger partial charge on any atom is -0.324 e. The average Bonchev–Trinajstić information content (AvgIpc) is 3.09. The van der Waals surface area contributed by atoms with Crippen molar-refractivity contribution < 1.29 is 13.6 Å². The third-order valence-corrected chi connectivity index (χ3v) is 4.75. The van der Waals surface area contributed by atoms with Gasteiger partial charge in [-0.3, -0.25) is 14.8 Å². The highest BCUT2D eigenvalue weighted by Gasteiger charge is 2.40. The zero-order chi connectivity index (χ0) is 20.0. The van der Waals surface area contributed by atoms with Gasteiger partial charge in [-0.25, -0.2) is 18.6 Å². The lowest BCUT2D eigenvalue weighted by Gasteiger charge is -2.35. The van der Waals surface area contributed by atoms with Crippen molar-refractivity contribution >= 4 is 23.6 Å². The van der Waals surface area contributed by atoms with Crippen LogP contribution < -0.4 is 5.32 Å². The Morgan fingerprint density at radius 1 is 1.14 bits per heavy atom. The maximum Gasteiger partial charge on any atom is 0.353 e. The molecule has 0 spiro atoms. The fourth-order valence-corrected chi connectivity index (χ4v) is 3.28. The predicted molar refractivity (Wildman–Crippen MR) is 101 cm³/mol. The third-order valence-electron chi connectivity index (χ3n) is 4.75. The summed E-state index contributed by atoms with van der Waals surface area (Å²) in [5.41, 5.74) is 2.84. The van der Waals surface area contributed by atoms with Gasteiger partial charge in [0.1, 0.15) is 0 Å². The van der Waals surface area contributed by atoms with Crippen molar-refractivity contribution in [2.75, 3.05) is 18.9 Å². The first-order valence-electron chi connectivity index (χ1n) is 8.71. The number of urea groups is 1. The molecule has 1 unspecified atom stereocenters. The number of rotatable bonds is 2. The fourth-order valence-electron chi connectivity index (χ4n) is 3.28. The molecule has 2 amide bonds. The number of nitrogens with one attached hydrogen (secondary N) is 1. The largest absolute Gasteiger partial charge is 0.353 e. The lowest BCUT2D eigenvalue weighted by atomic mass is 10.1. The van der Waals surface area contributed by atoms with E-state index in [1.165, 1.54) is 11.0 Å². The van der Waals surface area contributed by atoms with E-state index in [1.807, 2.05) is 26.0 Å². The summed E-state index contributed by atoms with van der Waals surface area (Å²) >= 11 is 0. The van der Waals surface area contributed by atoms with Crippen LogP contribution in [0.1, 0.15) is 23.0 Å². The van der Waals surface area contributed by atoms with Crippen LogP contribution in [0.5, 0.6) is 0 Å². The van der Waals surface area contributed by atoms with E-state index in [0.717, 1.165) is 23.5 Å². The predicted octanol–water partition coefficient (Wildman–Crippen LogP) is 3.22. The number of hydrogen-bond donors (Lipinski definition) is 1.